The van der Waals surface area contributed by atoms with Crippen LogP contribution in [0.4, 0.5) is 5.82 Å². The fourth-order valence-electron chi connectivity index (χ4n) is 1.92. The molecule has 0 unspecified atom stereocenters. The van der Waals surface area contributed by atoms with Gasteiger partial charge >= 0.3 is 0 Å². The van der Waals surface area contributed by atoms with Crippen molar-refractivity contribution in [3.05, 3.63) is 23.9 Å². The van der Waals surface area contributed by atoms with E-state index in [4.69, 9.17) is 0 Å². The maximum atomic E-state index is 12.1. The van der Waals surface area contributed by atoms with Crippen LogP contribution in [-0.2, 0) is 4.79 Å². The molecular formula is C12H15N3O2. The lowest BCUT2D eigenvalue weighted by atomic mass is 10.2. The number of nitrogens with one attached hydrogen (secondary N) is 1. The lowest BCUT2D eigenvalue weighted by Crippen LogP contribution is -2.27. The van der Waals surface area contributed by atoms with Gasteiger partial charge in [-0.1, -0.05) is 0 Å². The number of rotatable bonds is 2. The Kier molecular flexibility index (Phi) is 3.37. The van der Waals surface area contributed by atoms with Gasteiger partial charge in [0, 0.05) is 31.8 Å². The van der Waals surface area contributed by atoms with Gasteiger partial charge in [0.05, 0.1) is 0 Å². The normalized spacial score (nSPS) is 14.8. The molecular weight excluding hydrogens is 218 g/mol. The van der Waals surface area contributed by atoms with Crippen LogP contribution < -0.4 is 5.32 Å². The van der Waals surface area contributed by atoms with Crippen LogP contribution in [0.3, 0.4) is 0 Å². The van der Waals surface area contributed by atoms with Crippen LogP contribution in [0.15, 0.2) is 18.3 Å². The minimum absolute atomic E-state index is 0.0107. The van der Waals surface area contributed by atoms with Crippen molar-refractivity contribution in [2.75, 3.05) is 18.4 Å². The van der Waals surface area contributed by atoms with E-state index in [0.29, 0.717) is 11.4 Å². The second kappa shape index (κ2) is 4.95. The van der Waals surface area contributed by atoms with Crippen molar-refractivity contribution in [2.45, 2.75) is 19.8 Å². The Morgan fingerprint density at radius 1 is 1.35 bits per heavy atom. The van der Waals surface area contributed by atoms with E-state index < -0.39 is 0 Å². The summed E-state index contributed by atoms with van der Waals surface area (Å²) in [6, 6.07) is 3.29. The Hall–Kier alpha value is -1.91. The molecule has 0 atom stereocenters. The molecule has 1 saturated heterocycles. The van der Waals surface area contributed by atoms with E-state index in [1.54, 1.807) is 12.1 Å². The molecule has 0 aliphatic carbocycles. The van der Waals surface area contributed by atoms with Gasteiger partial charge in [-0.2, -0.15) is 0 Å². The number of anilines is 1. The number of likely N-dealkylation sites (tertiary alicyclic amines) is 1. The fraction of sp³-hybridized carbons (Fsp3) is 0.417. The molecule has 1 aromatic heterocycles. The number of carbonyl (C=O) groups is 2. The van der Waals surface area contributed by atoms with Crippen molar-refractivity contribution in [1.29, 1.82) is 0 Å². The molecule has 1 aliphatic rings. The van der Waals surface area contributed by atoms with Gasteiger partial charge in [-0.15, -0.1) is 0 Å². The van der Waals surface area contributed by atoms with Gasteiger partial charge in [0.1, 0.15) is 5.82 Å². The Morgan fingerprint density at radius 2 is 2.06 bits per heavy atom. The Labute approximate surface area is 99.8 Å². The standard InChI is InChI=1S/C12H15N3O2/c1-9(16)14-11-8-10(4-5-13-11)12(17)15-6-2-3-7-15/h4-5,8H,2-3,6-7H2,1H3,(H,13,14,16). The second-order valence-corrected chi connectivity index (χ2v) is 4.11. The second-order valence-electron chi connectivity index (χ2n) is 4.11. The van der Waals surface area contributed by atoms with Gasteiger partial charge in [0.25, 0.3) is 5.91 Å². The number of pyridine rings is 1. The van der Waals surface area contributed by atoms with Crippen molar-refractivity contribution in [2.24, 2.45) is 0 Å². The monoisotopic (exact) mass is 233 g/mol. The van der Waals surface area contributed by atoms with Gasteiger partial charge < -0.3 is 10.2 Å². The van der Waals surface area contributed by atoms with E-state index in [9.17, 15) is 9.59 Å². The molecule has 0 radical (unpaired) electrons. The minimum Gasteiger partial charge on any atom is -0.339 e. The summed E-state index contributed by atoms with van der Waals surface area (Å²) >= 11 is 0. The molecule has 2 heterocycles. The highest BCUT2D eigenvalue weighted by Gasteiger charge is 2.19. The zero-order chi connectivity index (χ0) is 12.3. The third-order valence-electron chi connectivity index (χ3n) is 2.70. The largest absolute Gasteiger partial charge is 0.339 e. The molecule has 17 heavy (non-hydrogen) atoms. The van der Waals surface area contributed by atoms with Crippen LogP contribution in [0.1, 0.15) is 30.1 Å². The van der Waals surface area contributed by atoms with Crippen molar-refractivity contribution >= 4 is 17.6 Å². The topological polar surface area (TPSA) is 62.3 Å². The van der Waals surface area contributed by atoms with Crippen LogP contribution >= 0.6 is 0 Å². The summed E-state index contributed by atoms with van der Waals surface area (Å²) in [5, 5.41) is 2.57. The number of aromatic nitrogens is 1. The molecule has 5 nitrogen and oxygen atoms in total. The Balaban J connectivity index is 2.14. The van der Waals surface area contributed by atoms with E-state index in [2.05, 4.69) is 10.3 Å². The van der Waals surface area contributed by atoms with E-state index in [1.807, 2.05) is 4.90 Å². The molecule has 0 spiro atoms. The summed E-state index contributed by atoms with van der Waals surface area (Å²) in [7, 11) is 0. The molecule has 0 bridgehead atoms. The number of nitrogens with zero attached hydrogens (tertiary/aromatic N) is 2. The highest BCUT2D eigenvalue weighted by atomic mass is 16.2. The van der Waals surface area contributed by atoms with E-state index in [0.717, 1.165) is 25.9 Å². The molecule has 2 amide bonds. The summed E-state index contributed by atoms with van der Waals surface area (Å²) in [5.41, 5.74) is 0.575. The van der Waals surface area contributed by atoms with Gasteiger partial charge in [-0.25, -0.2) is 4.98 Å². The number of carbonyl (C=O) groups excluding carboxylic acids is 2. The van der Waals surface area contributed by atoms with E-state index in [1.165, 1.54) is 13.1 Å². The van der Waals surface area contributed by atoms with Crippen molar-refractivity contribution in [1.82, 2.24) is 9.88 Å². The molecule has 90 valence electrons. The van der Waals surface area contributed by atoms with Crippen molar-refractivity contribution < 1.29 is 9.59 Å². The van der Waals surface area contributed by atoms with Crippen LogP contribution in [0.2, 0.25) is 0 Å². The SMILES string of the molecule is CC(=O)Nc1cc(C(=O)N2CCCC2)ccn1. The summed E-state index contributed by atoms with van der Waals surface area (Å²) in [4.78, 5) is 28.8. The highest BCUT2D eigenvalue weighted by molar-refractivity contribution is 5.96. The molecule has 1 fully saturated rings. The number of hydrogen-bond donors (Lipinski definition) is 1. The summed E-state index contributed by atoms with van der Waals surface area (Å²) < 4.78 is 0. The fourth-order valence-corrected chi connectivity index (χ4v) is 1.92. The molecule has 1 aromatic rings. The number of amides is 2. The molecule has 0 saturated carbocycles. The first-order valence-corrected chi connectivity index (χ1v) is 5.70. The summed E-state index contributed by atoms with van der Waals surface area (Å²) in [6.45, 7) is 3.05. The molecule has 5 heteroatoms. The predicted octanol–water partition coefficient (Wildman–Crippen LogP) is 1.28. The zero-order valence-electron chi connectivity index (χ0n) is 9.77. The van der Waals surface area contributed by atoms with Crippen molar-refractivity contribution in [3.8, 4) is 0 Å². The summed E-state index contributed by atoms with van der Waals surface area (Å²) in [6.07, 6.45) is 3.67. The number of hydrogen-bond acceptors (Lipinski definition) is 3. The van der Waals surface area contributed by atoms with E-state index >= 15 is 0 Å². The highest BCUT2D eigenvalue weighted by Crippen LogP contribution is 2.14. The van der Waals surface area contributed by atoms with Gasteiger partial charge in [0.15, 0.2) is 0 Å². The zero-order valence-corrected chi connectivity index (χ0v) is 9.77. The van der Waals surface area contributed by atoms with Crippen LogP contribution in [0, 0.1) is 0 Å². The first-order valence-electron chi connectivity index (χ1n) is 5.70. The minimum atomic E-state index is -0.191. The smallest absolute Gasteiger partial charge is 0.254 e. The quantitative estimate of drug-likeness (QED) is 0.836. The van der Waals surface area contributed by atoms with E-state index in [-0.39, 0.29) is 11.8 Å². The third kappa shape index (κ3) is 2.81. The van der Waals surface area contributed by atoms with Crippen molar-refractivity contribution in [3.63, 3.8) is 0 Å². The maximum absolute atomic E-state index is 12.1. The van der Waals surface area contributed by atoms with Gasteiger partial charge in [-0.05, 0) is 25.0 Å². The lowest BCUT2D eigenvalue weighted by molar-refractivity contribution is -0.114. The van der Waals surface area contributed by atoms with Gasteiger partial charge in [0.2, 0.25) is 5.91 Å². The first kappa shape index (κ1) is 11.6. The maximum Gasteiger partial charge on any atom is 0.254 e. The summed E-state index contributed by atoms with van der Waals surface area (Å²) in [5.74, 6) is 0.238. The average molecular weight is 233 g/mol. The molecule has 1 N–H and O–H groups in total. The molecule has 2 rings (SSSR count). The first-order chi connectivity index (χ1) is 8.16. The predicted molar refractivity (Wildman–Crippen MR) is 63.7 cm³/mol. The van der Waals surface area contributed by atoms with Crippen LogP contribution in [0.5, 0.6) is 0 Å². The third-order valence-corrected chi connectivity index (χ3v) is 2.70. The average Bonchev–Trinajstić information content (AvgIpc) is 2.81. The van der Waals surface area contributed by atoms with Crippen LogP contribution in [0.25, 0.3) is 0 Å². The van der Waals surface area contributed by atoms with Crippen LogP contribution in [-0.4, -0.2) is 34.8 Å². The molecule has 1 aliphatic heterocycles. The van der Waals surface area contributed by atoms with Gasteiger partial charge in [-0.3, -0.25) is 9.59 Å². The Morgan fingerprint density at radius 3 is 2.71 bits per heavy atom. The Bertz CT molecular complexity index is 439. The lowest BCUT2D eigenvalue weighted by Gasteiger charge is -2.15. The molecule has 0 aromatic carbocycles.